The summed E-state index contributed by atoms with van der Waals surface area (Å²) in [5, 5.41) is 11.8. The van der Waals surface area contributed by atoms with Crippen LogP contribution in [0.1, 0.15) is 51.5 Å². The normalized spacial score (nSPS) is 16.6. The van der Waals surface area contributed by atoms with Crippen LogP contribution in [0.2, 0.25) is 0 Å². The number of ketones is 1. The van der Waals surface area contributed by atoms with Crippen LogP contribution < -0.4 is 5.32 Å². The number of carbonyl (C=O) groups excluding carboxylic acids is 2. The molecule has 2 atom stereocenters. The summed E-state index contributed by atoms with van der Waals surface area (Å²) in [4.78, 5) is 36.4. The molecule has 5 nitrogen and oxygen atoms in total. The number of carboxylic acids is 1. The monoisotopic (exact) mass is 359 g/mol. The summed E-state index contributed by atoms with van der Waals surface area (Å²) in [5.74, 6) is -1.27. The molecule has 142 valence electrons. The average molecular weight is 359 g/mol. The van der Waals surface area contributed by atoms with Gasteiger partial charge in [0.05, 0.1) is 6.04 Å². The molecule has 0 spiro atoms. The third-order valence-corrected chi connectivity index (χ3v) is 5.25. The molecule has 26 heavy (non-hydrogen) atoms. The van der Waals surface area contributed by atoms with Gasteiger partial charge in [0.2, 0.25) is 5.91 Å². The molecule has 1 aromatic rings. The number of carbonyl (C=O) groups is 3. The molecule has 2 unspecified atom stereocenters. The highest BCUT2D eigenvalue weighted by molar-refractivity contribution is 5.92. The maximum Gasteiger partial charge on any atom is 0.303 e. The maximum absolute atomic E-state index is 12.9. The Morgan fingerprint density at radius 2 is 1.81 bits per heavy atom. The van der Waals surface area contributed by atoms with Gasteiger partial charge in [0.15, 0.2) is 5.78 Å². The van der Waals surface area contributed by atoms with E-state index in [0.717, 1.165) is 24.8 Å². The Hall–Kier alpha value is -2.17. The third kappa shape index (κ3) is 5.68. The molecule has 1 aromatic carbocycles. The Balaban J connectivity index is 2.06. The molecule has 0 radical (unpaired) electrons. The number of aliphatic carboxylic acids is 1. The van der Waals surface area contributed by atoms with Gasteiger partial charge in [-0.25, -0.2) is 0 Å². The van der Waals surface area contributed by atoms with Crippen LogP contribution in [0.25, 0.3) is 0 Å². The molecule has 2 N–H and O–H groups in total. The van der Waals surface area contributed by atoms with E-state index in [0.29, 0.717) is 6.42 Å². The summed E-state index contributed by atoms with van der Waals surface area (Å²) in [7, 11) is 0. The fourth-order valence-corrected chi connectivity index (χ4v) is 3.31. The van der Waals surface area contributed by atoms with E-state index in [1.807, 2.05) is 44.2 Å². The molecule has 5 heteroatoms. The van der Waals surface area contributed by atoms with Gasteiger partial charge in [-0.1, -0.05) is 50.6 Å². The lowest BCUT2D eigenvalue weighted by Crippen LogP contribution is -2.48. The van der Waals surface area contributed by atoms with Crippen molar-refractivity contribution in [3.05, 3.63) is 35.9 Å². The molecule has 1 saturated carbocycles. The standard InChI is InChI=1S/C21H29NO4/c1-14(2)17(13-15-7-4-3-5-8-15)21(26)22-18(11-12-19(23)24)20(25)16-9-6-10-16/h3-5,7-8,14,16-18H,6,9-13H2,1-2H3,(H,22,26)(H,23,24). The Kier molecular flexibility index (Phi) is 7.37. The molecule has 0 bridgehead atoms. The molecule has 1 fully saturated rings. The van der Waals surface area contributed by atoms with Gasteiger partial charge < -0.3 is 10.4 Å². The van der Waals surface area contributed by atoms with Crippen molar-refractivity contribution in [2.75, 3.05) is 0 Å². The van der Waals surface area contributed by atoms with Crippen molar-refractivity contribution in [1.29, 1.82) is 0 Å². The minimum atomic E-state index is -0.949. The smallest absolute Gasteiger partial charge is 0.303 e. The molecule has 0 aromatic heterocycles. The van der Waals surface area contributed by atoms with Crippen molar-refractivity contribution in [3.8, 4) is 0 Å². The number of carboxylic acid groups (broad SMARTS) is 1. The second kappa shape index (κ2) is 9.51. The van der Waals surface area contributed by atoms with Gasteiger partial charge in [0.25, 0.3) is 0 Å². The van der Waals surface area contributed by atoms with Crippen molar-refractivity contribution in [2.24, 2.45) is 17.8 Å². The highest BCUT2D eigenvalue weighted by Gasteiger charge is 2.34. The predicted molar refractivity (Wildman–Crippen MR) is 99.6 cm³/mol. The average Bonchev–Trinajstić information content (AvgIpc) is 2.55. The molecule has 0 heterocycles. The van der Waals surface area contributed by atoms with Gasteiger partial charge in [0, 0.05) is 18.3 Å². The van der Waals surface area contributed by atoms with Crippen LogP contribution in [0.3, 0.4) is 0 Å². The number of rotatable bonds is 10. The highest BCUT2D eigenvalue weighted by atomic mass is 16.4. The molecule has 1 aliphatic rings. The topological polar surface area (TPSA) is 83.5 Å². The summed E-state index contributed by atoms with van der Waals surface area (Å²) >= 11 is 0. The quantitative estimate of drug-likeness (QED) is 0.672. The Labute approximate surface area is 155 Å². The van der Waals surface area contributed by atoms with Gasteiger partial charge >= 0.3 is 5.97 Å². The number of nitrogens with one attached hydrogen (secondary N) is 1. The molecule has 2 rings (SSSR count). The molecule has 1 amide bonds. The van der Waals surface area contributed by atoms with Crippen molar-refractivity contribution in [2.45, 2.75) is 58.4 Å². The molecular weight excluding hydrogens is 330 g/mol. The van der Waals surface area contributed by atoms with E-state index < -0.39 is 12.0 Å². The first-order valence-corrected chi connectivity index (χ1v) is 9.48. The van der Waals surface area contributed by atoms with Crippen LogP contribution in [0.4, 0.5) is 0 Å². The van der Waals surface area contributed by atoms with Crippen molar-refractivity contribution in [3.63, 3.8) is 0 Å². The zero-order valence-electron chi connectivity index (χ0n) is 15.6. The largest absolute Gasteiger partial charge is 0.481 e. The van der Waals surface area contributed by atoms with E-state index in [4.69, 9.17) is 5.11 Å². The van der Waals surface area contributed by atoms with Crippen LogP contribution in [0.5, 0.6) is 0 Å². The summed E-state index contributed by atoms with van der Waals surface area (Å²) in [6, 6.07) is 9.11. The summed E-state index contributed by atoms with van der Waals surface area (Å²) in [6.07, 6.45) is 3.36. The highest BCUT2D eigenvalue weighted by Crippen LogP contribution is 2.29. The van der Waals surface area contributed by atoms with Crippen LogP contribution in [0, 0.1) is 17.8 Å². The van der Waals surface area contributed by atoms with Crippen LogP contribution in [-0.4, -0.2) is 28.8 Å². The number of Topliss-reactive ketones (excluding diaryl/α,β-unsaturated/α-hetero) is 1. The van der Waals surface area contributed by atoms with Crippen molar-refractivity contribution >= 4 is 17.7 Å². The summed E-state index contributed by atoms with van der Waals surface area (Å²) in [6.45, 7) is 3.99. The third-order valence-electron chi connectivity index (χ3n) is 5.25. The fourth-order valence-electron chi connectivity index (χ4n) is 3.31. The van der Waals surface area contributed by atoms with E-state index in [2.05, 4.69) is 5.32 Å². The van der Waals surface area contributed by atoms with Gasteiger partial charge in [-0.3, -0.25) is 14.4 Å². The minimum Gasteiger partial charge on any atom is -0.481 e. The van der Waals surface area contributed by atoms with E-state index in [-0.39, 0.29) is 42.3 Å². The fraction of sp³-hybridized carbons (Fsp3) is 0.571. The lowest BCUT2D eigenvalue weighted by Gasteiger charge is -2.30. The first-order valence-electron chi connectivity index (χ1n) is 9.48. The van der Waals surface area contributed by atoms with E-state index in [1.54, 1.807) is 0 Å². The first kappa shape index (κ1) is 20.1. The molecule has 0 aliphatic heterocycles. The number of hydrogen-bond acceptors (Lipinski definition) is 3. The molecule has 0 saturated heterocycles. The SMILES string of the molecule is CC(C)C(Cc1ccccc1)C(=O)NC(CCC(=O)O)C(=O)C1CCC1. The number of amides is 1. The molecule has 1 aliphatic carbocycles. The van der Waals surface area contributed by atoms with E-state index in [9.17, 15) is 14.4 Å². The second-order valence-corrected chi connectivity index (χ2v) is 7.56. The predicted octanol–water partition coefficient (Wildman–Crippen LogP) is 3.22. The lowest BCUT2D eigenvalue weighted by atomic mass is 9.78. The zero-order valence-corrected chi connectivity index (χ0v) is 15.6. The minimum absolute atomic E-state index is 0.00642. The number of hydrogen-bond donors (Lipinski definition) is 2. The van der Waals surface area contributed by atoms with Crippen LogP contribution >= 0.6 is 0 Å². The Bertz CT molecular complexity index is 622. The number of benzene rings is 1. The van der Waals surface area contributed by atoms with E-state index in [1.165, 1.54) is 0 Å². The Morgan fingerprint density at radius 1 is 1.15 bits per heavy atom. The van der Waals surface area contributed by atoms with Gasteiger partial charge in [-0.05, 0) is 37.2 Å². The summed E-state index contributed by atoms with van der Waals surface area (Å²) < 4.78 is 0. The van der Waals surface area contributed by atoms with E-state index >= 15 is 0 Å². The van der Waals surface area contributed by atoms with Gasteiger partial charge in [-0.2, -0.15) is 0 Å². The zero-order chi connectivity index (χ0) is 19.1. The molecular formula is C21H29NO4. The van der Waals surface area contributed by atoms with Crippen LogP contribution in [-0.2, 0) is 20.8 Å². The second-order valence-electron chi connectivity index (χ2n) is 7.56. The van der Waals surface area contributed by atoms with Crippen molar-refractivity contribution in [1.82, 2.24) is 5.32 Å². The van der Waals surface area contributed by atoms with Crippen molar-refractivity contribution < 1.29 is 19.5 Å². The Morgan fingerprint density at radius 3 is 2.31 bits per heavy atom. The first-order chi connectivity index (χ1) is 12.4. The lowest BCUT2D eigenvalue weighted by molar-refractivity contribution is -0.138. The van der Waals surface area contributed by atoms with Gasteiger partial charge in [-0.15, -0.1) is 0 Å². The summed E-state index contributed by atoms with van der Waals surface area (Å²) in [5.41, 5.74) is 1.08. The van der Waals surface area contributed by atoms with Crippen LogP contribution in [0.15, 0.2) is 30.3 Å². The maximum atomic E-state index is 12.9. The van der Waals surface area contributed by atoms with Gasteiger partial charge in [0.1, 0.15) is 0 Å².